The van der Waals surface area contributed by atoms with Crippen molar-refractivity contribution >= 4 is 33.2 Å². The third kappa shape index (κ3) is 2.84. The molecule has 7 rings (SSSR count). The van der Waals surface area contributed by atoms with Gasteiger partial charge in [-0.3, -0.25) is 0 Å². The highest BCUT2D eigenvalue weighted by molar-refractivity contribution is 5.89. The van der Waals surface area contributed by atoms with Crippen molar-refractivity contribution in [2.75, 3.05) is 11.9 Å². The number of hydrogen-bond donors (Lipinski definition) is 2. The molecule has 0 amide bonds. The molecular formula is C29H21N3O. The second kappa shape index (κ2) is 6.78. The number of anilines is 2. The lowest BCUT2D eigenvalue weighted by atomic mass is 10.1. The number of benzene rings is 4. The molecule has 0 unspecified atom stereocenters. The highest BCUT2D eigenvalue weighted by Crippen LogP contribution is 2.48. The van der Waals surface area contributed by atoms with Crippen LogP contribution in [0.4, 0.5) is 11.4 Å². The monoisotopic (exact) mass is 427 g/mol. The first-order valence-corrected chi connectivity index (χ1v) is 11.1. The van der Waals surface area contributed by atoms with Crippen LogP contribution in [0, 0.1) is 0 Å². The van der Waals surface area contributed by atoms with E-state index in [0.717, 1.165) is 56.4 Å². The largest absolute Gasteiger partial charge is 0.453 e. The molecule has 0 bridgehead atoms. The third-order valence-corrected chi connectivity index (χ3v) is 6.54. The number of ether oxygens (including phenoxy) is 1. The van der Waals surface area contributed by atoms with Gasteiger partial charge in [-0.2, -0.15) is 0 Å². The highest BCUT2D eigenvalue weighted by Gasteiger charge is 2.23. The molecule has 33 heavy (non-hydrogen) atoms. The number of H-pyrrole nitrogens is 2. The van der Waals surface area contributed by atoms with Gasteiger partial charge in [-0.05, 0) is 48.5 Å². The van der Waals surface area contributed by atoms with Crippen molar-refractivity contribution in [1.29, 1.82) is 0 Å². The molecule has 0 spiro atoms. The summed E-state index contributed by atoms with van der Waals surface area (Å²) < 4.78 is 6.45. The lowest BCUT2D eigenvalue weighted by Crippen LogP contribution is -2.15. The quantitative estimate of drug-likeness (QED) is 0.295. The molecule has 3 heterocycles. The Morgan fingerprint density at radius 1 is 0.576 bits per heavy atom. The third-order valence-electron chi connectivity index (χ3n) is 6.54. The van der Waals surface area contributed by atoms with Gasteiger partial charge in [0.2, 0.25) is 0 Å². The molecule has 158 valence electrons. The molecule has 4 nitrogen and oxygen atoms in total. The number of rotatable bonds is 2. The Labute approximate surface area is 191 Å². The van der Waals surface area contributed by atoms with Gasteiger partial charge in [0.25, 0.3) is 0 Å². The summed E-state index contributed by atoms with van der Waals surface area (Å²) in [6, 6.07) is 33.8. The summed E-state index contributed by atoms with van der Waals surface area (Å²) in [4.78, 5) is 9.23. The zero-order valence-corrected chi connectivity index (χ0v) is 18.1. The standard InChI is InChI=1S/C29H21N3O/c1-32-26-12-10-20(24-14-18-6-2-4-8-22(18)30-24)16-28(26)33-29-17-21(11-13-27(29)32)25-15-19-7-3-5-9-23(19)31-25/h2-17,30-31H,1H3. The first-order valence-electron chi connectivity index (χ1n) is 11.1. The smallest absolute Gasteiger partial charge is 0.151 e. The molecule has 4 aromatic carbocycles. The van der Waals surface area contributed by atoms with Crippen molar-refractivity contribution in [3.63, 3.8) is 0 Å². The summed E-state index contributed by atoms with van der Waals surface area (Å²) in [6.07, 6.45) is 0. The molecule has 2 aromatic heterocycles. The molecule has 0 radical (unpaired) electrons. The van der Waals surface area contributed by atoms with Crippen molar-refractivity contribution in [2.45, 2.75) is 0 Å². The Morgan fingerprint density at radius 2 is 1.06 bits per heavy atom. The van der Waals surface area contributed by atoms with E-state index in [2.05, 4.69) is 119 Å². The summed E-state index contributed by atoms with van der Waals surface area (Å²) in [7, 11) is 2.09. The van der Waals surface area contributed by atoms with Gasteiger partial charge < -0.3 is 19.6 Å². The average molecular weight is 428 g/mol. The lowest BCUT2D eigenvalue weighted by Gasteiger charge is -2.30. The Kier molecular flexibility index (Phi) is 3.73. The number of aromatic amines is 2. The predicted molar refractivity (Wildman–Crippen MR) is 136 cm³/mol. The topological polar surface area (TPSA) is 44.0 Å². The number of para-hydroxylation sites is 2. The van der Waals surface area contributed by atoms with Gasteiger partial charge >= 0.3 is 0 Å². The Bertz CT molecular complexity index is 1480. The first-order chi connectivity index (χ1) is 16.2. The first kappa shape index (κ1) is 18.2. The van der Waals surface area contributed by atoms with Gasteiger partial charge in [0.15, 0.2) is 11.5 Å². The molecular weight excluding hydrogens is 406 g/mol. The summed E-state index contributed by atoms with van der Waals surface area (Å²) in [5.74, 6) is 1.71. The fourth-order valence-corrected chi connectivity index (χ4v) is 4.79. The summed E-state index contributed by atoms with van der Waals surface area (Å²) in [6.45, 7) is 0. The van der Waals surface area contributed by atoms with Crippen molar-refractivity contribution in [2.24, 2.45) is 0 Å². The molecule has 0 fully saturated rings. The number of nitrogens with zero attached hydrogens (tertiary/aromatic N) is 1. The maximum atomic E-state index is 6.45. The van der Waals surface area contributed by atoms with Crippen LogP contribution >= 0.6 is 0 Å². The van der Waals surface area contributed by atoms with Crippen LogP contribution in [0.5, 0.6) is 11.5 Å². The SMILES string of the molecule is CN1c2ccc(-c3cc4ccccc4[nH]3)cc2Oc2cc(-c3cc4ccccc4[nH]3)ccc21. The minimum atomic E-state index is 0.856. The van der Waals surface area contributed by atoms with E-state index in [1.165, 1.54) is 10.8 Å². The zero-order valence-electron chi connectivity index (χ0n) is 18.1. The minimum Gasteiger partial charge on any atom is -0.453 e. The van der Waals surface area contributed by atoms with Gasteiger partial charge in [0, 0.05) is 51.4 Å². The number of aromatic nitrogens is 2. The summed E-state index contributed by atoms with van der Waals surface area (Å²) in [5, 5.41) is 2.41. The van der Waals surface area contributed by atoms with E-state index in [4.69, 9.17) is 4.74 Å². The van der Waals surface area contributed by atoms with E-state index < -0.39 is 0 Å². The van der Waals surface area contributed by atoms with E-state index in [1.807, 2.05) is 0 Å². The van der Waals surface area contributed by atoms with Gasteiger partial charge in [-0.1, -0.05) is 48.5 Å². The molecule has 0 aliphatic carbocycles. The number of nitrogens with one attached hydrogen (secondary N) is 2. The van der Waals surface area contributed by atoms with Crippen LogP contribution in [-0.2, 0) is 0 Å². The van der Waals surface area contributed by atoms with Crippen molar-refractivity contribution in [1.82, 2.24) is 9.97 Å². The second-order valence-electron chi connectivity index (χ2n) is 8.57. The van der Waals surface area contributed by atoms with E-state index in [1.54, 1.807) is 0 Å². The van der Waals surface area contributed by atoms with Crippen molar-refractivity contribution in [3.05, 3.63) is 97.1 Å². The maximum absolute atomic E-state index is 6.45. The maximum Gasteiger partial charge on any atom is 0.151 e. The van der Waals surface area contributed by atoms with E-state index in [0.29, 0.717) is 0 Å². The van der Waals surface area contributed by atoms with Crippen LogP contribution in [0.25, 0.3) is 44.3 Å². The van der Waals surface area contributed by atoms with Crippen LogP contribution in [0.3, 0.4) is 0 Å². The molecule has 0 atom stereocenters. The van der Waals surface area contributed by atoms with Crippen LogP contribution in [0.15, 0.2) is 97.1 Å². The Hall–Kier alpha value is -4.44. The van der Waals surface area contributed by atoms with Gasteiger partial charge in [0.05, 0.1) is 11.4 Å². The fraction of sp³-hybridized carbons (Fsp3) is 0.0345. The van der Waals surface area contributed by atoms with Crippen molar-refractivity contribution < 1.29 is 4.74 Å². The average Bonchev–Trinajstić information content (AvgIpc) is 3.48. The predicted octanol–water partition coefficient (Wildman–Crippen LogP) is 7.86. The van der Waals surface area contributed by atoms with Crippen LogP contribution in [-0.4, -0.2) is 17.0 Å². The Morgan fingerprint density at radius 3 is 1.55 bits per heavy atom. The fourth-order valence-electron chi connectivity index (χ4n) is 4.79. The van der Waals surface area contributed by atoms with E-state index in [-0.39, 0.29) is 0 Å². The molecule has 0 saturated carbocycles. The van der Waals surface area contributed by atoms with Gasteiger partial charge in [-0.25, -0.2) is 0 Å². The van der Waals surface area contributed by atoms with Crippen LogP contribution in [0.1, 0.15) is 0 Å². The van der Waals surface area contributed by atoms with E-state index in [9.17, 15) is 0 Å². The van der Waals surface area contributed by atoms with Gasteiger partial charge in [-0.15, -0.1) is 0 Å². The molecule has 4 heteroatoms. The second-order valence-corrected chi connectivity index (χ2v) is 8.57. The normalized spacial score (nSPS) is 12.6. The van der Waals surface area contributed by atoms with Crippen LogP contribution < -0.4 is 9.64 Å². The molecule has 0 saturated heterocycles. The molecule has 1 aliphatic heterocycles. The Balaban J connectivity index is 1.29. The van der Waals surface area contributed by atoms with E-state index >= 15 is 0 Å². The van der Waals surface area contributed by atoms with Crippen LogP contribution in [0.2, 0.25) is 0 Å². The number of fused-ring (bicyclic) bond motifs is 4. The number of hydrogen-bond acceptors (Lipinski definition) is 2. The molecule has 1 aliphatic rings. The zero-order chi connectivity index (χ0) is 21.9. The highest BCUT2D eigenvalue weighted by atomic mass is 16.5. The molecule has 2 N–H and O–H groups in total. The summed E-state index contributed by atoms with van der Waals surface area (Å²) >= 11 is 0. The summed E-state index contributed by atoms with van der Waals surface area (Å²) in [5.41, 5.74) is 8.77. The molecule has 6 aromatic rings. The lowest BCUT2D eigenvalue weighted by molar-refractivity contribution is 0.476. The van der Waals surface area contributed by atoms with Gasteiger partial charge in [0.1, 0.15) is 0 Å². The van der Waals surface area contributed by atoms with Crippen molar-refractivity contribution in [3.8, 4) is 34.0 Å². The minimum absolute atomic E-state index is 0.856.